The van der Waals surface area contributed by atoms with Crippen LogP contribution in [0.15, 0.2) is 65.6 Å². The van der Waals surface area contributed by atoms with Crippen LogP contribution in [0.4, 0.5) is 0 Å². The van der Waals surface area contributed by atoms with E-state index in [2.05, 4.69) is 16.8 Å². The zero-order chi connectivity index (χ0) is 22.7. The molecule has 0 fully saturated rings. The molecule has 0 aliphatic carbocycles. The first-order valence-corrected chi connectivity index (χ1v) is 11.1. The first kappa shape index (κ1) is 21.8. The standard InChI is InChI=1S/C25H25ClN4O2/c1-3-4-5-14-29-22(18-6-8-19(9-7-18)24(32)27-2)15-23(31)30-16-21(28-25(29)30)17-10-12-20(26)13-11-17/h6-13,15-16H,3-5,14H2,1-2H3,(H,27,32). The van der Waals surface area contributed by atoms with Gasteiger partial charge in [-0.1, -0.05) is 55.6 Å². The van der Waals surface area contributed by atoms with Gasteiger partial charge in [0.1, 0.15) is 0 Å². The number of unbranched alkanes of at least 4 members (excludes halogenated alkanes) is 2. The quantitative estimate of drug-likeness (QED) is 0.403. The molecule has 1 N–H and O–H groups in total. The van der Waals surface area contributed by atoms with Gasteiger partial charge in [-0.2, -0.15) is 0 Å². The predicted octanol–water partition coefficient (Wildman–Crippen LogP) is 5.03. The van der Waals surface area contributed by atoms with Gasteiger partial charge < -0.3 is 9.88 Å². The number of rotatable bonds is 7. The summed E-state index contributed by atoms with van der Waals surface area (Å²) in [7, 11) is 1.60. The molecule has 4 rings (SSSR count). The van der Waals surface area contributed by atoms with E-state index in [1.54, 1.807) is 35.8 Å². The Bertz CT molecular complexity index is 1310. The average molecular weight is 449 g/mol. The van der Waals surface area contributed by atoms with E-state index in [0.717, 1.165) is 48.3 Å². The van der Waals surface area contributed by atoms with Gasteiger partial charge in [-0.3, -0.25) is 14.0 Å². The average Bonchev–Trinajstić information content (AvgIpc) is 3.27. The fourth-order valence-corrected chi connectivity index (χ4v) is 3.90. The number of halogens is 1. The lowest BCUT2D eigenvalue weighted by Crippen LogP contribution is -2.19. The molecule has 6 nitrogen and oxygen atoms in total. The van der Waals surface area contributed by atoms with Gasteiger partial charge in [-0.15, -0.1) is 0 Å². The summed E-state index contributed by atoms with van der Waals surface area (Å²) in [5.41, 5.74) is 3.69. The Morgan fingerprint density at radius 3 is 2.38 bits per heavy atom. The van der Waals surface area contributed by atoms with Crippen molar-refractivity contribution in [2.75, 3.05) is 7.05 Å². The SMILES string of the molecule is CCCCCn1c(-c2ccc(C(=O)NC)cc2)cc(=O)n2cc(-c3ccc(Cl)cc3)nc12. The zero-order valence-electron chi connectivity index (χ0n) is 18.1. The summed E-state index contributed by atoms with van der Waals surface area (Å²) >= 11 is 6.02. The van der Waals surface area contributed by atoms with Gasteiger partial charge >= 0.3 is 0 Å². The summed E-state index contributed by atoms with van der Waals surface area (Å²) in [6.07, 6.45) is 4.92. The predicted molar refractivity (Wildman–Crippen MR) is 128 cm³/mol. The number of nitrogens with one attached hydrogen (secondary N) is 1. The number of carbonyl (C=O) groups excluding carboxylic acids is 1. The van der Waals surface area contributed by atoms with E-state index >= 15 is 0 Å². The topological polar surface area (TPSA) is 68.4 Å². The Morgan fingerprint density at radius 1 is 1.03 bits per heavy atom. The molecule has 0 saturated heterocycles. The van der Waals surface area contributed by atoms with Crippen LogP contribution < -0.4 is 10.9 Å². The molecule has 164 valence electrons. The van der Waals surface area contributed by atoms with Crippen LogP contribution in [-0.4, -0.2) is 26.9 Å². The number of carbonyl (C=O) groups is 1. The van der Waals surface area contributed by atoms with Crippen LogP contribution >= 0.6 is 11.6 Å². The third-order valence-electron chi connectivity index (χ3n) is 5.51. The number of benzene rings is 2. The van der Waals surface area contributed by atoms with Crippen molar-refractivity contribution in [3.63, 3.8) is 0 Å². The number of aromatic nitrogens is 3. The highest BCUT2D eigenvalue weighted by atomic mass is 35.5. The lowest BCUT2D eigenvalue weighted by Gasteiger charge is -2.15. The maximum Gasteiger partial charge on any atom is 0.259 e. The van der Waals surface area contributed by atoms with Gasteiger partial charge in [-0.25, -0.2) is 4.98 Å². The second kappa shape index (κ2) is 9.40. The number of nitrogens with zero attached hydrogens (tertiary/aromatic N) is 3. The second-order valence-electron chi connectivity index (χ2n) is 7.69. The van der Waals surface area contributed by atoms with E-state index in [1.165, 1.54) is 0 Å². The summed E-state index contributed by atoms with van der Waals surface area (Å²) < 4.78 is 3.68. The van der Waals surface area contributed by atoms with Crippen molar-refractivity contribution in [3.8, 4) is 22.5 Å². The Balaban J connectivity index is 1.86. The van der Waals surface area contributed by atoms with Crippen molar-refractivity contribution >= 4 is 23.3 Å². The summed E-state index contributed by atoms with van der Waals surface area (Å²) in [5, 5.41) is 3.28. The minimum Gasteiger partial charge on any atom is -0.355 e. The van der Waals surface area contributed by atoms with E-state index in [1.807, 2.05) is 36.4 Å². The van der Waals surface area contributed by atoms with Crippen LogP contribution in [0.2, 0.25) is 5.02 Å². The Hall–Kier alpha value is -3.38. The van der Waals surface area contributed by atoms with Crippen LogP contribution in [0, 0.1) is 0 Å². The lowest BCUT2D eigenvalue weighted by molar-refractivity contribution is 0.0963. The molecule has 0 saturated carbocycles. The highest BCUT2D eigenvalue weighted by Crippen LogP contribution is 2.25. The minimum atomic E-state index is -0.148. The van der Waals surface area contributed by atoms with Gasteiger partial charge in [0.15, 0.2) is 0 Å². The van der Waals surface area contributed by atoms with Crippen molar-refractivity contribution in [3.05, 3.63) is 81.7 Å². The first-order valence-electron chi connectivity index (χ1n) is 10.7. The summed E-state index contributed by atoms with van der Waals surface area (Å²) in [6.45, 7) is 2.90. The number of aryl methyl sites for hydroxylation is 1. The molecule has 2 aromatic heterocycles. The fourth-order valence-electron chi connectivity index (χ4n) is 3.77. The molecule has 0 atom stereocenters. The van der Waals surface area contributed by atoms with E-state index in [0.29, 0.717) is 16.4 Å². The molecule has 0 aliphatic heterocycles. The fraction of sp³-hybridized carbons (Fsp3) is 0.240. The Kier molecular flexibility index (Phi) is 6.42. The van der Waals surface area contributed by atoms with Crippen LogP contribution in [0.5, 0.6) is 0 Å². The second-order valence-corrected chi connectivity index (χ2v) is 8.12. The van der Waals surface area contributed by atoms with Gasteiger partial charge in [0, 0.05) is 42.0 Å². The minimum absolute atomic E-state index is 0.145. The number of hydrogen-bond acceptors (Lipinski definition) is 3. The van der Waals surface area contributed by atoms with Crippen LogP contribution in [-0.2, 0) is 6.54 Å². The normalized spacial score (nSPS) is 11.1. The van der Waals surface area contributed by atoms with Crippen molar-refractivity contribution < 1.29 is 4.79 Å². The molecular weight excluding hydrogens is 424 g/mol. The first-order chi connectivity index (χ1) is 15.5. The number of fused-ring (bicyclic) bond motifs is 1. The van der Waals surface area contributed by atoms with Gasteiger partial charge in [0.25, 0.3) is 11.5 Å². The van der Waals surface area contributed by atoms with Crippen molar-refractivity contribution in [2.45, 2.75) is 32.7 Å². The molecule has 0 unspecified atom stereocenters. The zero-order valence-corrected chi connectivity index (χ0v) is 18.9. The number of imidazole rings is 1. The largest absolute Gasteiger partial charge is 0.355 e. The van der Waals surface area contributed by atoms with Gasteiger partial charge in [-0.05, 0) is 36.2 Å². The summed E-state index contributed by atoms with van der Waals surface area (Å²) in [4.78, 5) is 29.7. The van der Waals surface area contributed by atoms with Crippen LogP contribution in [0.3, 0.4) is 0 Å². The van der Waals surface area contributed by atoms with Gasteiger partial charge in [0.2, 0.25) is 5.78 Å². The van der Waals surface area contributed by atoms with Crippen molar-refractivity contribution in [2.24, 2.45) is 0 Å². The monoisotopic (exact) mass is 448 g/mol. The molecular formula is C25H25ClN4O2. The summed E-state index contributed by atoms with van der Waals surface area (Å²) in [6, 6.07) is 16.3. The highest BCUT2D eigenvalue weighted by Gasteiger charge is 2.15. The van der Waals surface area contributed by atoms with Crippen molar-refractivity contribution in [1.82, 2.24) is 19.3 Å². The van der Waals surface area contributed by atoms with Crippen LogP contribution in [0.1, 0.15) is 36.5 Å². The third-order valence-corrected chi connectivity index (χ3v) is 5.76. The van der Waals surface area contributed by atoms with Gasteiger partial charge in [0.05, 0.1) is 11.4 Å². The molecule has 0 bridgehead atoms. The molecule has 0 aliphatic rings. The Labute approximate surface area is 191 Å². The maximum absolute atomic E-state index is 13.0. The molecule has 1 amide bonds. The van der Waals surface area contributed by atoms with E-state index in [4.69, 9.17) is 16.6 Å². The maximum atomic E-state index is 13.0. The molecule has 4 aromatic rings. The molecule has 2 aromatic carbocycles. The summed E-state index contributed by atoms with van der Waals surface area (Å²) in [5.74, 6) is 0.456. The number of hydrogen-bond donors (Lipinski definition) is 1. The van der Waals surface area contributed by atoms with Crippen LogP contribution in [0.25, 0.3) is 28.3 Å². The van der Waals surface area contributed by atoms with E-state index in [-0.39, 0.29) is 11.5 Å². The number of amides is 1. The van der Waals surface area contributed by atoms with E-state index in [9.17, 15) is 9.59 Å². The Morgan fingerprint density at radius 2 is 1.72 bits per heavy atom. The van der Waals surface area contributed by atoms with Crippen molar-refractivity contribution in [1.29, 1.82) is 0 Å². The molecule has 0 spiro atoms. The molecule has 32 heavy (non-hydrogen) atoms. The highest BCUT2D eigenvalue weighted by molar-refractivity contribution is 6.30. The lowest BCUT2D eigenvalue weighted by atomic mass is 10.1. The smallest absolute Gasteiger partial charge is 0.259 e. The molecule has 2 heterocycles. The third kappa shape index (κ3) is 4.32. The van der Waals surface area contributed by atoms with E-state index < -0.39 is 0 Å². The molecule has 0 radical (unpaired) electrons. The molecule has 7 heteroatoms.